The van der Waals surface area contributed by atoms with Crippen molar-refractivity contribution in [3.8, 4) is 22.8 Å². The van der Waals surface area contributed by atoms with Crippen LogP contribution in [0.25, 0.3) is 22.8 Å². The molecule has 2 aliphatic heterocycles. The fraction of sp³-hybridized carbons (Fsp3) is 0.463. The minimum absolute atomic E-state index is 0. The van der Waals surface area contributed by atoms with E-state index in [-0.39, 0.29) is 12.1 Å². The van der Waals surface area contributed by atoms with E-state index in [0.717, 1.165) is 60.3 Å². The maximum atomic E-state index is 13.1. The largest absolute Gasteiger partial charge is 0.480 e. The number of carboxylic acids is 1. The van der Waals surface area contributed by atoms with Gasteiger partial charge >= 0.3 is 11.9 Å². The summed E-state index contributed by atoms with van der Waals surface area (Å²) in [6.45, 7) is 15.5. The number of aromatic nitrogens is 4. The molecule has 2 aromatic heterocycles. The molecule has 0 bridgehead atoms. The fourth-order valence-corrected chi connectivity index (χ4v) is 6.76. The molecule has 0 aliphatic carbocycles. The summed E-state index contributed by atoms with van der Waals surface area (Å²) >= 11 is 0. The first-order chi connectivity index (χ1) is 25.9. The molecule has 6 N–H and O–H groups in total. The van der Waals surface area contributed by atoms with Crippen molar-refractivity contribution < 1.29 is 29.0 Å². The summed E-state index contributed by atoms with van der Waals surface area (Å²) in [5, 5.41) is 15.0. The van der Waals surface area contributed by atoms with E-state index in [9.17, 15) is 24.3 Å². The van der Waals surface area contributed by atoms with E-state index in [0.29, 0.717) is 24.5 Å². The van der Waals surface area contributed by atoms with Gasteiger partial charge < -0.3 is 35.8 Å². The van der Waals surface area contributed by atoms with Crippen LogP contribution in [0.4, 0.5) is 0 Å². The number of ether oxygens (including phenoxy) is 1. The lowest BCUT2D eigenvalue weighted by Gasteiger charge is -2.29. The highest BCUT2D eigenvalue weighted by Crippen LogP contribution is 2.29. The fourth-order valence-electron chi connectivity index (χ4n) is 6.76. The van der Waals surface area contributed by atoms with Crippen LogP contribution in [-0.4, -0.2) is 104 Å². The van der Waals surface area contributed by atoms with Gasteiger partial charge in [0.05, 0.1) is 18.5 Å². The number of carboxylic acid groups (broad SMARTS) is 1. The number of hydrogen-bond donors (Lipinski definition) is 4. The number of imidazole rings is 2. The Balaban J connectivity index is 0.000000244. The van der Waals surface area contributed by atoms with Gasteiger partial charge in [0.25, 0.3) is 11.8 Å². The molecule has 56 heavy (non-hydrogen) atoms. The smallest absolute Gasteiger partial charge is 0.328 e. The number of carbonyl (C=O) groups is 4. The number of rotatable bonds is 8. The molecule has 2 atom stereocenters. The molecule has 4 heterocycles. The molecule has 0 radical (unpaired) electrons. The Bertz CT molecular complexity index is 2010. The Morgan fingerprint density at radius 1 is 0.661 bits per heavy atom. The van der Waals surface area contributed by atoms with Gasteiger partial charge in [0.15, 0.2) is 11.4 Å². The molecule has 15 heteroatoms. The van der Waals surface area contributed by atoms with Crippen molar-refractivity contribution in [2.75, 3.05) is 34.3 Å². The summed E-state index contributed by atoms with van der Waals surface area (Å²) in [4.78, 5) is 63.5. The number of nitrogens with zero attached hydrogens (tertiary/aromatic N) is 6. The van der Waals surface area contributed by atoms with Crippen LogP contribution in [-0.2, 0) is 40.5 Å². The number of carbonyl (C=O) groups excluding carboxylic acids is 3. The van der Waals surface area contributed by atoms with Gasteiger partial charge in [-0.05, 0) is 24.9 Å². The molecule has 0 saturated heterocycles. The van der Waals surface area contributed by atoms with E-state index in [1.165, 1.54) is 7.11 Å². The number of nitrogens with one attached hydrogen (secondary N) is 2. The first-order valence-electron chi connectivity index (χ1n) is 18.5. The van der Waals surface area contributed by atoms with Gasteiger partial charge in [-0.25, -0.2) is 19.6 Å². The topological polar surface area (TPSA) is 199 Å². The molecule has 2 aliphatic rings. The number of likely N-dealkylation sites (N-methyl/N-ethyl adjacent to an activating group) is 2. The number of esters is 1. The molecule has 15 nitrogen and oxygen atoms in total. The Kier molecular flexibility index (Phi) is 13.6. The first kappa shape index (κ1) is 43.3. The molecular formula is C41H57N9O6. The molecule has 0 unspecified atom stereocenters. The van der Waals surface area contributed by atoms with E-state index in [1.54, 1.807) is 20.8 Å². The van der Waals surface area contributed by atoms with Crippen LogP contribution in [0.2, 0.25) is 0 Å². The predicted octanol–water partition coefficient (Wildman–Crippen LogP) is 4.70. The Morgan fingerprint density at radius 2 is 1.04 bits per heavy atom. The number of benzene rings is 2. The summed E-state index contributed by atoms with van der Waals surface area (Å²) in [5.74, 6) is -0.797. The lowest BCUT2D eigenvalue weighted by Crippen LogP contribution is -2.50. The molecule has 0 saturated carbocycles. The van der Waals surface area contributed by atoms with Crippen molar-refractivity contribution in [3.05, 3.63) is 83.4 Å². The summed E-state index contributed by atoms with van der Waals surface area (Å²) in [7, 11) is 5.34. The van der Waals surface area contributed by atoms with Crippen molar-refractivity contribution in [2.45, 2.75) is 79.8 Å². The van der Waals surface area contributed by atoms with Gasteiger partial charge in [0.2, 0.25) is 0 Å². The highest BCUT2D eigenvalue weighted by molar-refractivity contribution is 5.98. The van der Waals surface area contributed by atoms with Crippen molar-refractivity contribution in [1.82, 2.24) is 45.7 Å². The molecule has 0 spiro atoms. The third-order valence-electron chi connectivity index (χ3n) is 9.86. The van der Waals surface area contributed by atoms with Crippen LogP contribution in [0, 0.1) is 10.8 Å². The van der Waals surface area contributed by atoms with Crippen LogP contribution in [0.15, 0.2) is 60.7 Å². The van der Waals surface area contributed by atoms with Gasteiger partial charge in [-0.15, -0.1) is 0 Å². The molecule has 2 amide bonds. The quantitative estimate of drug-likeness (QED) is 0.181. The molecule has 4 aromatic rings. The van der Waals surface area contributed by atoms with Crippen molar-refractivity contribution in [2.24, 2.45) is 10.8 Å². The molecular weight excluding hydrogens is 715 g/mol. The Labute approximate surface area is 329 Å². The van der Waals surface area contributed by atoms with E-state index in [1.807, 2.05) is 95.5 Å². The maximum absolute atomic E-state index is 13.1. The van der Waals surface area contributed by atoms with Gasteiger partial charge in [0.1, 0.15) is 23.7 Å². The normalized spacial score (nSPS) is 15.4. The molecule has 2 aromatic carbocycles. The van der Waals surface area contributed by atoms with Crippen molar-refractivity contribution in [3.63, 3.8) is 0 Å². The molecule has 0 fully saturated rings. The second-order valence-electron chi connectivity index (χ2n) is 16.4. The molecule has 6 rings (SSSR count). The van der Waals surface area contributed by atoms with Crippen molar-refractivity contribution in [1.29, 1.82) is 0 Å². The monoisotopic (exact) mass is 771 g/mol. The summed E-state index contributed by atoms with van der Waals surface area (Å²) in [5.41, 5.74) is 3.16. The van der Waals surface area contributed by atoms with Crippen molar-refractivity contribution >= 4 is 23.8 Å². The van der Waals surface area contributed by atoms with E-state index < -0.39 is 40.8 Å². The minimum atomic E-state index is -1.05. The van der Waals surface area contributed by atoms with E-state index in [4.69, 9.17) is 4.74 Å². The minimum Gasteiger partial charge on any atom is -0.480 e. The summed E-state index contributed by atoms with van der Waals surface area (Å²) in [6, 6.07) is 17.8. The predicted molar refractivity (Wildman–Crippen MR) is 214 cm³/mol. The highest BCUT2D eigenvalue weighted by Gasteiger charge is 2.37. The third-order valence-corrected chi connectivity index (χ3v) is 9.86. The maximum Gasteiger partial charge on any atom is 0.328 e. The van der Waals surface area contributed by atoms with Gasteiger partial charge in [-0.2, -0.15) is 0 Å². The second-order valence-corrected chi connectivity index (χ2v) is 16.4. The number of fused-ring (bicyclic) bond motifs is 2. The van der Waals surface area contributed by atoms with Crippen LogP contribution in [0.5, 0.6) is 0 Å². The summed E-state index contributed by atoms with van der Waals surface area (Å²) < 4.78 is 9.06. The Hall–Kier alpha value is -5.38. The number of hydrogen-bond acceptors (Lipinski definition) is 10. The SMILES string of the molecule is CN1CCn2c(-c3ccccc3)nc(C(=O)N[C@H](C(=O)O)C(C)(C)C)c2C1.COC(=O)[C@@H](NC(=O)c1nc(-c2ccccc2)n2c1CN(C)CC2)C(C)(C)C.N. The van der Waals surface area contributed by atoms with Crippen LogP contribution >= 0.6 is 0 Å². The number of amides is 2. The average molecular weight is 772 g/mol. The lowest BCUT2D eigenvalue weighted by molar-refractivity contribution is -0.145. The van der Waals surface area contributed by atoms with Crippen LogP contribution in [0.1, 0.15) is 73.9 Å². The average Bonchev–Trinajstić information content (AvgIpc) is 3.71. The highest BCUT2D eigenvalue weighted by atomic mass is 16.5. The summed E-state index contributed by atoms with van der Waals surface area (Å²) in [6.07, 6.45) is 0. The van der Waals surface area contributed by atoms with E-state index >= 15 is 0 Å². The van der Waals surface area contributed by atoms with Crippen LogP contribution in [0.3, 0.4) is 0 Å². The number of methoxy groups -OCH3 is 1. The standard InChI is InChI=1S/C21H28N4O3.C20H26N4O3.H3N/c1-21(2,3)17(20(27)28-5)23-19(26)16-15-13-24(4)11-12-25(15)18(22-16)14-9-7-6-8-10-14;1-20(2,3)16(19(26)27)22-18(25)15-14-12-23(4)10-11-24(14)17(21-15)13-8-6-5-7-9-13;/h6-10,17H,11-13H2,1-5H3,(H,23,26);5-9,16H,10-12H2,1-4H3,(H,22,25)(H,26,27);1H3/t17-;16-;/m11./s1. The van der Waals surface area contributed by atoms with E-state index in [2.05, 4.69) is 39.5 Å². The lowest BCUT2D eigenvalue weighted by atomic mass is 9.86. The Morgan fingerprint density at radius 3 is 1.38 bits per heavy atom. The second kappa shape index (κ2) is 17.6. The van der Waals surface area contributed by atoms with Gasteiger partial charge in [-0.1, -0.05) is 102 Å². The zero-order valence-electron chi connectivity index (χ0n) is 34.0. The van der Waals surface area contributed by atoms with Crippen LogP contribution < -0.4 is 16.8 Å². The molecule has 302 valence electrons. The zero-order valence-corrected chi connectivity index (χ0v) is 34.0. The third kappa shape index (κ3) is 9.70. The van der Waals surface area contributed by atoms with Gasteiger partial charge in [0, 0.05) is 50.4 Å². The first-order valence-corrected chi connectivity index (χ1v) is 18.5. The zero-order chi connectivity index (χ0) is 40.2. The number of aliphatic carboxylic acids is 1. The van der Waals surface area contributed by atoms with Gasteiger partial charge in [-0.3, -0.25) is 19.4 Å².